The van der Waals surface area contributed by atoms with Crippen LogP contribution < -0.4 is 10.2 Å². The quantitative estimate of drug-likeness (QED) is 0.926. The van der Waals surface area contributed by atoms with E-state index in [1.165, 1.54) is 12.5 Å². The van der Waals surface area contributed by atoms with Crippen LogP contribution in [0.15, 0.2) is 16.7 Å². The van der Waals surface area contributed by atoms with Crippen LogP contribution in [0.5, 0.6) is 0 Å². The Morgan fingerprint density at radius 1 is 1.50 bits per heavy atom. The van der Waals surface area contributed by atoms with E-state index in [-0.39, 0.29) is 5.82 Å². The van der Waals surface area contributed by atoms with Crippen molar-refractivity contribution in [1.29, 1.82) is 0 Å². The lowest BCUT2D eigenvalue weighted by atomic mass is 9.93. The van der Waals surface area contributed by atoms with Crippen LogP contribution in [0.3, 0.4) is 0 Å². The molecule has 2 rings (SSSR count). The minimum Gasteiger partial charge on any atom is -0.354 e. The van der Waals surface area contributed by atoms with Gasteiger partial charge in [-0.15, -0.1) is 0 Å². The number of rotatable bonds is 4. The minimum absolute atomic E-state index is 0.238. The van der Waals surface area contributed by atoms with E-state index < -0.39 is 0 Å². The molecule has 0 bridgehead atoms. The Labute approximate surface area is 116 Å². The van der Waals surface area contributed by atoms with E-state index in [0.717, 1.165) is 38.4 Å². The first-order chi connectivity index (χ1) is 8.70. The van der Waals surface area contributed by atoms with Gasteiger partial charge in [0.15, 0.2) is 11.6 Å². The summed E-state index contributed by atoms with van der Waals surface area (Å²) < 4.78 is 14.5. The van der Waals surface area contributed by atoms with Crippen LogP contribution in [0.1, 0.15) is 19.3 Å². The van der Waals surface area contributed by atoms with Crippen LogP contribution in [0.4, 0.5) is 10.2 Å². The molecule has 1 aromatic heterocycles. The highest BCUT2D eigenvalue weighted by Gasteiger charge is 2.21. The molecule has 0 radical (unpaired) electrons. The van der Waals surface area contributed by atoms with Crippen molar-refractivity contribution in [2.24, 2.45) is 5.92 Å². The van der Waals surface area contributed by atoms with Crippen LogP contribution in [0.2, 0.25) is 0 Å². The van der Waals surface area contributed by atoms with Gasteiger partial charge in [0.1, 0.15) is 0 Å². The van der Waals surface area contributed by atoms with Gasteiger partial charge in [-0.25, -0.2) is 9.37 Å². The molecule has 3 nitrogen and oxygen atoms in total. The first-order valence-corrected chi connectivity index (χ1v) is 7.20. The standard InChI is InChI=1S/C13H19BrFN3/c1-16-5-2-10-3-6-18(7-4-10)13-12(15)8-11(14)9-17-13/h8-10,16H,2-7H2,1H3. The number of aromatic nitrogens is 1. The number of hydrogen-bond acceptors (Lipinski definition) is 3. The van der Waals surface area contributed by atoms with Gasteiger partial charge >= 0.3 is 0 Å². The molecule has 18 heavy (non-hydrogen) atoms. The summed E-state index contributed by atoms with van der Waals surface area (Å²) in [6.07, 6.45) is 5.11. The molecule has 0 spiro atoms. The first kappa shape index (κ1) is 13.7. The number of nitrogens with one attached hydrogen (secondary N) is 1. The summed E-state index contributed by atoms with van der Waals surface area (Å²) in [5, 5.41) is 3.18. The number of nitrogens with zero attached hydrogens (tertiary/aromatic N) is 2. The largest absolute Gasteiger partial charge is 0.354 e. The van der Waals surface area contributed by atoms with Crippen LogP contribution in [0, 0.1) is 11.7 Å². The third kappa shape index (κ3) is 3.42. The van der Waals surface area contributed by atoms with Gasteiger partial charge in [0, 0.05) is 23.8 Å². The second kappa shape index (κ2) is 6.48. The number of halogens is 2. The van der Waals surface area contributed by atoms with E-state index in [1.54, 1.807) is 6.20 Å². The maximum atomic E-state index is 13.8. The lowest BCUT2D eigenvalue weighted by molar-refractivity contribution is 0.375. The maximum Gasteiger partial charge on any atom is 0.166 e. The van der Waals surface area contributed by atoms with Crippen molar-refractivity contribution in [3.8, 4) is 0 Å². The van der Waals surface area contributed by atoms with Crippen molar-refractivity contribution in [3.05, 3.63) is 22.6 Å². The lowest BCUT2D eigenvalue weighted by Crippen LogP contribution is -2.35. The molecule has 1 aromatic rings. The summed E-state index contributed by atoms with van der Waals surface area (Å²) >= 11 is 3.23. The summed E-state index contributed by atoms with van der Waals surface area (Å²) in [7, 11) is 1.98. The minimum atomic E-state index is -0.238. The van der Waals surface area contributed by atoms with Crippen LogP contribution in [-0.4, -0.2) is 31.7 Å². The van der Waals surface area contributed by atoms with Gasteiger partial charge in [-0.3, -0.25) is 0 Å². The molecule has 0 atom stereocenters. The monoisotopic (exact) mass is 315 g/mol. The van der Waals surface area contributed by atoms with E-state index >= 15 is 0 Å². The second-order valence-electron chi connectivity index (χ2n) is 4.78. The summed E-state index contributed by atoms with van der Waals surface area (Å²) in [6, 6.07) is 1.48. The molecule has 0 aromatic carbocycles. The number of anilines is 1. The molecule has 0 aliphatic carbocycles. The summed E-state index contributed by atoms with van der Waals surface area (Å²) in [5.41, 5.74) is 0. The number of hydrogen-bond donors (Lipinski definition) is 1. The molecule has 100 valence electrons. The van der Waals surface area contributed by atoms with E-state index in [9.17, 15) is 4.39 Å². The topological polar surface area (TPSA) is 28.2 Å². The van der Waals surface area contributed by atoms with E-state index in [0.29, 0.717) is 10.3 Å². The molecule has 1 fully saturated rings. The highest BCUT2D eigenvalue weighted by molar-refractivity contribution is 9.10. The Hall–Kier alpha value is -0.680. The third-order valence-electron chi connectivity index (χ3n) is 3.51. The fraction of sp³-hybridized carbons (Fsp3) is 0.615. The Bertz CT molecular complexity index is 392. The Kier molecular flexibility index (Phi) is 4.95. The zero-order chi connectivity index (χ0) is 13.0. The predicted molar refractivity (Wildman–Crippen MR) is 75.4 cm³/mol. The van der Waals surface area contributed by atoms with Crippen molar-refractivity contribution in [1.82, 2.24) is 10.3 Å². The third-order valence-corrected chi connectivity index (χ3v) is 3.94. The maximum absolute atomic E-state index is 13.8. The Balaban J connectivity index is 1.93. The lowest BCUT2D eigenvalue weighted by Gasteiger charge is -2.33. The Morgan fingerprint density at radius 2 is 2.22 bits per heavy atom. The van der Waals surface area contributed by atoms with Crippen LogP contribution in [-0.2, 0) is 0 Å². The number of piperidine rings is 1. The average molecular weight is 316 g/mol. The van der Waals surface area contributed by atoms with Crippen molar-refractivity contribution < 1.29 is 4.39 Å². The van der Waals surface area contributed by atoms with Gasteiger partial charge in [0.2, 0.25) is 0 Å². The van der Waals surface area contributed by atoms with E-state index in [1.807, 2.05) is 7.05 Å². The number of pyridine rings is 1. The summed E-state index contributed by atoms with van der Waals surface area (Å²) in [5.74, 6) is 1.01. The summed E-state index contributed by atoms with van der Waals surface area (Å²) in [6.45, 7) is 2.87. The molecular formula is C13H19BrFN3. The van der Waals surface area contributed by atoms with Gasteiger partial charge < -0.3 is 10.2 Å². The first-order valence-electron chi connectivity index (χ1n) is 6.41. The van der Waals surface area contributed by atoms with Crippen molar-refractivity contribution in [2.75, 3.05) is 31.6 Å². The van der Waals surface area contributed by atoms with Gasteiger partial charge in [-0.1, -0.05) is 0 Å². The fourth-order valence-corrected chi connectivity index (χ4v) is 2.73. The Morgan fingerprint density at radius 3 is 2.83 bits per heavy atom. The van der Waals surface area contributed by atoms with Crippen LogP contribution >= 0.6 is 15.9 Å². The molecular weight excluding hydrogens is 297 g/mol. The zero-order valence-electron chi connectivity index (χ0n) is 10.6. The van der Waals surface area contributed by atoms with Crippen molar-refractivity contribution in [3.63, 3.8) is 0 Å². The highest BCUT2D eigenvalue weighted by atomic mass is 79.9. The van der Waals surface area contributed by atoms with Crippen LogP contribution in [0.25, 0.3) is 0 Å². The second-order valence-corrected chi connectivity index (χ2v) is 5.70. The molecule has 1 N–H and O–H groups in total. The highest BCUT2D eigenvalue weighted by Crippen LogP contribution is 2.26. The molecule has 5 heteroatoms. The van der Waals surface area contributed by atoms with E-state index in [2.05, 4.69) is 31.1 Å². The summed E-state index contributed by atoms with van der Waals surface area (Å²) in [4.78, 5) is 6.23. The molecule has 0 unspecified atom stereocenters. The molecule has 1 aliphatic heterocycles. The van der Waals surface area contributed by atoms with Gasteiger partial charge in [-0.05, 0) is 60.8 Å². The molecule has 1 saturated heterocycles. The molecule has 0 saturated carbocycles. The van der Waals surface area contributed by atoms with Gasteiger partial charge in [0.05, 0.1) is 0 Å². The molecule has 1 aliphatic rings. The van der Waals surface area contributed by atoms with E-state index in [4.69, 9.17) is 0 Å². The fourth-order valence-electron chi connectivity index (χ4n) is 2.42. The normalized spacial score (nSPS) is 17.2. The van der Waals surface area contributed by atoms with Gasteiger partial charge in [0.25, 0.3) is 0 Å². The predicted octanol–water partition coefficient (Wildman–Crippen LogP) is 2.81. The smallest absolute Gasteiger partial charge is 0.166 e. The molecule has 0 amide bonds. The SMILES string of the molecule is CNCCC1CCN(c2ncc(Br)cc2F)CC1. The average Bonchev–Trinajstić information content (AvgIpc) is 2.37. The van der Waals surface area contributed by atoms with Crippen molar-refractivity contribution >= 4 is 21.7 Å². The molecule has 2 heterocycles. The van der Waals surface area contributed by atoms with Gasteiger partial charge in [-0.2, -0.15) is 0 Å². The van der Waals surface area contributed by atoms with Crippen molar-refractivity contribution in [2.45, 2.75) is 19.3 Å². The zero-order valence-corrected chi connectivity index (χ0v) is 12.2.